The molecule has 1 heterocycles. The predicted octanol–water partition coefficient (Wildman–Crippen LogP) is 4.61. The van der Waals surface area contributed by atoms with Crippen LogP contribution in [0.4, 0.5) is 4.79 Å². The molecule has 1 aliphatic heterocycles. The molecule has 5 heteroatoms. The minimum atomic E-state index is -0.829. The second-order valence-corrected chi connectivity index (χ2v) is 8.54. The molecule has 0 spiro atoms. The SMILES string of the molecule is CC(C)C[C@@H]1CN(C(=O)OCC2c3ccccc3-c3ccccc32)C[C@H]1C(=O)O. The maximum atomic E-state index is 12.7. The predicted molar refractivity (Wildman–Crippen MR) is 111 cm³/mol. The molecule has 0 radical (unpaired) electrons. The van der Waals surface area contributed by atoms with Crippen molar-refractivity contribution >= 4 is 12.1 Å². The van der Waals surface area contributed by atoms with E-state index in [4.69, 9.17) is 4.74 Å². The van der Waals surface area contributed by atoms with Crippen LogP contribution in [0, 0.1) is 17.8 Å². The number of fused-ring (bicyclic) bond motifs is 3. The zero-order valence-electron chi connectivity index (χ0n) is 16.9. The number of ether oxygens (including phenoxy) is 1. The number of nitrogens with zero attached hydrogens (tertiary/aromatic N) is 1. The topological polar surface area (TPSA) is 66.8 Å². The van der Waals surface area contributed by atoms with E-state index in [-0.39, 0.29) is 25.0 Å². The van der Waals surface area contributed by atoms with E-state index < -0.39 is 18.0 Å². The molecule has 5 nitrogen and oxygen atoms in total. The maximum Gasteiger partial charge on any atom is 0.409 e. The molecule has 1 fully saturated rings. The molecule has 29 heavy (non-hydrogen) atoms. The van der Waals surface area contributed by atoms with Gasteiger partial charge in [0, 0.05) is 19.0 Å². The normalized spacial score (nSPS) is 20.6. The van der Waals surface area contributed by atoms with Crippen molar-refractivity contribution in [1.82, 2.24) is 4.90 Å². The maximum absolute atomic E-state index is 12.7. The highest BCUT2D eigenvalue weighted by Crippen LogP contribution is 2.44. The van der Waals surface area contributed by atoms with Gasteiger partial charge in [-0.3, -0.25) is 4.79 Å². The molecule has 4 rings (SSSR count). The third kappa shape index (κ3) is 3.74. The Morgan fingerprint density at radius 2 is 1.62 bits per heavy atom. The Kier molecular flexibility index (Phi) is 5.31. The first-order valence-corrected chi connectivity index (χ1v) is 10.3. The quantitative estimate of drug-likeness (QED) is 0.805. The summed E-state index contributed by atoms with van der Waals surface area (Å²) in [6, 6.07) is 16.4. The van der Waals surface area contributed by atoms with Crippen LogP contribution < -0.4 is 0 Å². The fourth-order valence-electron chi connectivity index (χ4n) is 4.83. The molecule has 1 N–H and O–H groups in total. The summed E-state index contributed by atoms with van der Waals surface area (Å²) in [5.41, 5.74) is 4.72. The fourth-order valence-corrected chi connectivity index (χ4v) is 4.83. The van der Waals surface area contributed by atoms with E-state index in [0.29, 0.717) is 12.5 Å². The Balaban J connectivity index is 1.46. The third-order valence-electron chi connectivity index (χ3n) is 6.13. The molecule has 152 valence electrons. The van der Waals surface area contributed by atoms with Gasteiger partial charge in [0.25, 0.3) is 0 Å². The molecule has 1 saturated heterocycles. The van der Waals surface area contributed by atoms with Gasteiger partial charge >= 0.3 is 12.1 Å². The van der Waals surface area contributed by atoms with Gasteiger partial charge in [0.1, 0.15) is 6.61 Å². The Bertz CT molecular complexity index is 877. The van der Waals surface area contributed by atoms with Crippen molar-refractivity contribution in [2.45, 2.75) is 26.2 Å². The van der Waals surface area contributed by atoms with Crippen LogP contribution in [0.25, 0.3) is 11.1 Å². The van der Waals surface area contributed by atoms with E-state index in [1.807, 2.05) is 24.3 Å². The number of carbonyl (C=O) groups is 2. The summed E-state index contributed by atoms with van der Waals surface area (Å²) in [5, 5.41) is 9.54. The van der Waals surface area contributed by atoms with Crippen molar-refractivity contribution in [3.05, 3.63) is 59.7 Å². The van der Waals surface area contributed by atoms with E-state index in [1.54, 1.807) is 4.90 Å². The van der Waals surface area contributed by atoms with Crippen LogP contribution in [0.3, 0.4) is 0 Å². The van der Waals surface area contributed by atoms with Crippen LogP contribution in [-0.2, 0) is 9.53 Å². The number of rotatable bonds is 5. The van der Waals surface area contributed by atoms with Gasteiger partial charge in [-0.2, -0.15) is 0 Å². The lowest BCUT2D eigenvalue weighted by molar-refractivity contribution is -0.142. The first-order chi connectivity index (χ1) is 14.0. The molecule has 0 bridgehead atoms. The lowest BCUT2D eigenvalue weighted by Gasteiger charge is -2.19. The highest BCUT2D eigenvalue weighted by Gasteiger charge is 2.40. The van der Waals surface area contributed by atoms with Crippen molar-refractivity contribution in [1.29, 1.82) is 0 Å². The van der Waals surface area contributed by atoms with Gasteiger partial charge in [-0.15, -0.1) is 0 Å². The van der Waals surface area contributed by atoms with E-state index in [1.165, 1.54) is 22.3 Å². The summed E-state index contributed by atoms with van der Waals surface area (Å²) in [7, 11) is 0. The monoisotopic (exact) mass is 393 g/mol. The second-order valence-electron chi connectivity index (χ2n) is 8.54. The highest BCUT2D eigenvalue weighted by atomic mass is 16.6. The molecule has 2 aromatic rings. The lowest BCUT2D eigenvalue weighted by Crippen LogP contribution is -2.31. The van der Waals surface area contributed by atoms with Crippen molar-refractivity contribution in [3.8, 4) is 11.1 Å². The van der Waals surface area contributed by atoms with E-state index in [0.717, 1.165) is 6.42 Å². The van der Waals surface area contributed by atoms with E-state index in [2.05, 4.69) is 38.1 Å². The number of carboxylic acid groups (broad SMARTS) is 1. The number of hydrogen-bond donors (Lipinski definition) is 1. The van der Waals surface area contributed by atoms with Gasteiger partial charge in [0.2, 0.25) is 0 Å². The number of amides is 1. The zero-order valence-corrected chi connectivity index (χ0v) is 16.9. The van der Waals surface area contributed by atoms with E-state index in [9.17, 15) is 14.7 Å². The fraction of sp³-hybridized carbons (Fsp3) is 0.417. The van der Waals surface area contributed by atoms with Gasteiger partial charge in [-0.25, -0.2) is 4.79 Å². The van der Waals surface area contributed by atoms with Crippen molar-refractivity contribution < 1.29 is 19.4 Å². The number of aliphatic carboxylic acids is 1. The Labute approximate surface area is 171 Å². The van der Waals surface area contributed by atoms with Crippen LogP contribution in [0.1, 0.15) is 37.3 Å². The minimum Gasteiger partial charge on any atom is -0.481 e. The Morgan fingerprint density at radius 3 is 2.17 bits per heavy atom. The van der Waals surface area contributed by atoms with Crippen LogP contribution in [-0.4, -0.2) is 41.8 Å². The van der Waals surface area contributed by atoms with Crippen molar-refractivity contribution in [3.63, 3.8) is 0 Å². The van der Waals surface area contributed by atoms with Crippen LogP contribution in [0.2, 0.25) is 0 Å². The van der Waals surface area contributed by atoms with Gasteiger partial charge in [-0.1, -0.05) is 62.4 Å². The molecule has 1 amide bonds. The molecule has 0 unspecified atom stereocenters. The summed E-state index contributed by atoms with van der Waals surface area (Å²) in [4.78, 5) is 25.9. The molecule has 0 aromatic heterocycles. The third-order valence-corrected chi connectivity index (χ3v) is 6.13. The molecule has 2 aromatic carbocycles. The summed E-state index contributed by atoms with van der Waals surface area (Å²) in [6.45, 7) is 5.09. The number of carbonyl (C=O) groups excluding carboxylic acids is 1. The number of carboxylic acids is 1. The first kappa shape index (κ1) is 19.5. The van der Waals surface area contributed by atoms with Gasteiger partial charge < -0.3 is 14.7 Å². The van der Waals surface area contributed by atoms with Crippen molar-refractivity contribution in [2.75, 3.05) is 19.7 Å². The second kappa shape index (κ2) is 7.90. The minimum absolute atomic E-state index is 0.00989. The molecule has 2 atom stereocenters. The Morgan fingerprint density at radius 1 is 1.03 bits per heavy atom. The summed E-state index contributed by atoms with van der Waals surface area (Å²) in [6.07, 6.45) is 0.383. The first-order valence-electron chi connectivity index (χ1n) is 10.3. The lowest BCUT2D eigenvalue weighted by atomic mass is 9.88. The summed E-state index contributed by atoms with van der Waals surface area (Å²) >= 11 is 0. The van der Waals surface area contributed by atoms with Gasteiger partial charge in [0.05, 0.1) is 5.92 Å². The number of benzene rings is 2. The van der Waals surface area contributed by atoms with Crippen LogP contribution in [0.15, 0.2) is 48.5 Å². The highest BCUT2D eigenvalue weighted by molar-refractivity contribution is 5.79. The van der Waals surface area contributed by atoms with Gasteiger partial charge in [0.15, 0.2) is 0 Å². The summed E-state index contributed by atoms with van der Waals surface area (Å²) in [5.74, 6) is -0.963. The molecule has 2 aliphatic rings. The van der Waals surface area contributed by atoms with Gasteiger partial charge in [-0.05, 0) is 40.5 Å². The van der Waals surface area contributed by atoms with E-state index >= 15 is 0 Å². The smallest absolute Gasteiger partial charge is 0.409 e. The summed E-state index contributed by atoms with van der Waals surface area (Å²) < 4.78 is 5.70. The average molecular weight is 393 g/mol. The number of hydrogen-bond acceptors (Lipinski definition) is 3. The van der Waals surface area contributed by atoms with Crippen LogP contribution in [0.5, 0.6) is 0 Å². The molecular weight excluding hydrogens is 366 g/mol. The largest absolute Gasteiger partial charge is 0.481 e. The Hall–Kier alpha value is -2.82. The standard InChI is InChI=1S/C24H27NO4/c1-15(2)11-16-12-25(13-21(16)23(26)27)24(28)29-14-22-19-9-5-3-7-17(19)18-8-4-6-10-20(18)22/h3-10,15-16,21-22H,11-14H2,1-2H3,(H,26,27)/t16-,21-/m1/s1. The average Bonchev–Trinajstić information content (AvgIpc) is 3.25. The van der Waals surface area contributed by atoms with Crippen molar-refractivity contribution in [2.24, 2.45) is 17.8 Å². The number of likely N-dealkylation sites (tertiary alicyclic amines) is 1. The zero-order chi connectivity index (χ0) is 20.5. The molecular formula is C24H27NO4. The molecule has 0 saturated carbocycles. The molecule has 1 aliphatic carbocycles. The van der Waals surface area contributed by atoms with Crippen LogP contribution >= 0.6 is 0 Å².